The number of nitrogen functional groups attached to an aromatic ring is 1. The van der Waals surface area contributed by atoms with Crippen molar-refractivity contribution in [3.63, 3.8) is 0 Å². The number of nitrogens with zero attached hydrogens (tertiary/aromatic N) is 2. The molecule has 1 aromatic heterocycles. The van der Waals surface area contributed by atoms with E-state index in [1.165, 1.54) is 4.90 Å². The lowest BCUT2D eigenvalue weighted by atomic mass is 9.92. The largest absolute Gasteiger partial charge is 0.384 e. The van der Waals surface area contributed by atoms with Gasteiger partial charge in [-0.2, -0.15) is 0 Å². The van der Waals surface area contributed by atoms with Crippen LogP contribution in [0, 0.1) is 0 Å². The first-order valence-electron chi connectivity index (χ1n) is 6.37. The third-order valence-corrected chi connectivity index (χ3v) is 4.21. The molecule has 0 atom stereocenters. The highest BCUT2D eigenvalue weighted by Crippen LogP contribution is 2.26. The Labute approximate surface area is 132 Å². The van der Waals surface area contributed by atoms with Gasteiger partial charge in [-0.1, -0.05) is 42.8 Å². The number of aromatic nitrogens is 2. The first kappa shape index (κ1) is 15.3. The highest BCUT2D eigenvalue weighted by Gasteiger charge is 2.17. The lowest BCUT2D eigenvalue weighted by Crippen LogP contribution is -2.16. The molecule has 3 nitrogen and oxygen atoms in total. The molecule has 0 spiro atoms. The average Bonchev–Trinajstić information content (AvgIpc) is 2.35. The topological polar surface area (TPSA) is 51.8 Å². The zero-order chi connectivity index (χ0) is 14.8. The predicted molar refractivity (Wildman–Crippen MR) is 88.8 cm³/mol. The Morgan fingerprint density at radius 2 is 1.95 bits per heavy atom. The molecule has 0 aliphatic carbocycles. The molecule has 0 radical (unpaired) electrons. The molecule has 0 unspecified atom stereocenters. The standard InChI is InChI=1S/C15H18BrN3S/c1-15(2,3)12-8-13(17)19-14(18-12)9-20-11-6-4-5-10(16)7-11/h4-8H,9H2,1-3H3,(H2,17,18,19). The van der Waals surface area contributed by atoms with Crippen molar-refractivity contribution >= 4 is 33.5 Å². The highest BCUT2D eigenvalue weighted by molar-refractivity contribution is 9.10. The molecule has 2 N–H and O–H groups in total. The van der Waals surface area contributed by atoms with E-state index in [0.29, 0.717) is 11.6 Å². The van der Waals surface area contributed by atoms with Crippen LogP contribution in [0.15, 0.2) is 39.7 Å². The zero-order valence-corrected chi connectivity index (χ0v) is 14.3. The average molecular weight is 352 g/mol. The van der Waals surface area contributed by atoms with Gasteiger partial charge in [0.05, 0.1) is 11.4 Å². The first-order chi connectivity index (χ1) is 9.34. The Balaban J connectivity index is 2.16. The minimum absolute atomic E-state index is 0.0216. The van der Waals surface area contributed by atoms with Crippen LogP contribution in [-0.2, 0) is 11.2 Å². The molecule has 0 saturated carbocycles. The van der Waals surface area contributed by atoms with Gasteiger partial charge in [-0.15, -0.1) is 11.8 Å². The summed E-state index contributed by atoms with van der Waals surface area (Å²) in [4.78, 5) is 10.1. The van der Waals surface area contributed by atoms with Crippen molar-refractivity contribution in [2.45, 2.75) is 36.8 Å². The van der Waals surface area contributed by atoms with Crippen LogP contribution in [0.25, 0.3) is 0 Å². The van der Waals surface area contributed by atoms with E-state index < -0.39 is 0 Å². The molecule has 0 bridgehead atoms. The van der Waals surface area contributed by atoms with Crippen molar-refractivity contribution in [1.82, 2.24) is 9.97 Å². The third kappa shape index (κ3) is 4.21. The van der Waals surface area contributed by atoms with Crippen LogP contribution in [0.5, 0.6) is 0 Å². The van der Waals surface area contributed by atoms with Gasteiger partial charge >= 0.3 is 0 Å². The van der Waals surface area contributed by atoms with Crippen LogP contribution in [0.3, 0.4) is 0 Å². The van der Waals surface area contributed by atoms with Crippen molar-refractivity contribution in [2.24, 2.45) is 0 Å². The van der Waals surface area contributed by atoms with E-state index >= 15 is 0 Å². The molecule has 0 aliphatic rings. The number of nitrogens with two attached hydrogens (primary N) is 1. The lowest BCUT2D eigenvalue weighted by molar-refractivity contribution is 0.564. The van der Waals surface area contributed by atoms with Crippen LogP contribution in [0.4, 0.5) is 5.82 Å². The maximum absolute atomic E-state index is 5.88. The molecule has 1 heterocycles. The Bertz CT molecular complexity index is 608. The van der Waals surface area contributed by atoms with Gasteiger partial charge in [-0.3, -0.25) is 0 Å². The summed E-state index contributed by atoms with van der Waals surface area (Å²) in [6.45, 7) is 6.38. The summed E-state index contributed by atoms with van der Waals surface area (Å²) in [6.07, 6.45) is 0. The summed E-state index contributed by atoms with van der Waals surface area (Å²) < 4.78 is 1.08. The van der Waals surface area contributed by atoms with Crippen LogP contribution in [-0.4, -0.2) is 9.97 Å². The van der Waals surface area contributed by atoms with E-state index in [0.717, 1.165) is 16.0 Å². The number of anilines is 1. The maximum Gasteiger partial charge on any atom is 0.141 e. The van der Waals surface area contributed by atoms with Crippen LogP contribution in [0.2, 0.25) is 0 Å². The SMILES string of the molecule is CC(C)(C)c1cc(N)nc(CSc2cccc(Br)c2)n1. The minimum Gasteiger partial charge on any atom is -0.384 e. The number of halogens is 1. The van der Waals surface area contributed by atoms with E-state index in [1.54, 1.807) is 11.8 Å². The fraction of sp³-hybridized carbons (Fsp3) is 0.333. The first-order valence-corrected chi connectivity index (χ1v) is 8.15. The number of benzene rings is 1. The van der Waals surface area contributed by atoms with E-state index in [2.05, 4.69) is 58.8 Å². The van der Waals surface area contributed by atoms with Crippen LogP contribution >= 0.6 is 27.7 Å². The molecule has 0 amide bonds. The van der Waals surface area contributed by atoms with Crippen LogP contribution < -0.4 is 5.73 Å². The van der Waals surface area contributed by atoms with Crippen molar-refractivity contribution in [3.8, 4) is 0 Å². The van der Waals surface area contributed by atoms with Gasteiger partial charge in [-0.05, 0) is 18.2 Å². The molecular formula is C15H18BrN3S. The summed E-state index contributed by atoms with van der Waals surface area (Å²) in [7, 11) is 0. The number of hydrogen-bond acceptors (Lipinski definition) is 4. The van der Waals surface area contributed by atoms with Crippen molar-refractivity contribution in [3.05, 3.63) is 46.3 Å². The number of thioether (sulfide) groups is 1. The summed E-state index contributed by atoms with van der Waals surface area (Å²) >= 11 is 5.18. The molecular weight excluding hydrogens is 334 g/mol. The molecule has 20 heavy (non-hydrogen) atoms. The number of rotatable bonds is 3. The van der Waals surface area contributed by atoms with Crippen molar-refractivity contribution < 1.29 is 0 Å². The second-order valence-corrected chi connectivity index (χ2v) is 7.55. The fourth-order valence-corrected chi connectivity index (χ4v) is 3.03. The maximum atomic E-state index is 5.88. The molecule has 106 valence electrons. The van der Waals surface area contributed by atoms with E-state index in [9.17, 15) is 0 Å². The van der Waals surface area contributed by atoms with E-state index in [1.807, 2.05) is 18.2 Å². The van der Waals surface area contributed by atoms with Gasteiger partial charge in [0.15, 0.2) is 0 Å². The predicted octanol–water partition coefficient (Wildman–Crippen LogP) is 4.41. The third-order valence-electron chi connectivity index (χ3n) is 2.72. The summed E-state index contributed by atoms with van der Waals surface area (Å²) in [6, 6.07) is 10.0. The smallest absolute Gasteiger partial charge is 0.141 e. The minimum atomic E-state index is -0.0216. The van der Waals surface area contributed by atoms with Gasteiger partial charge in [0.2, 0.25) is 0 Å². The van der Waals surface area contributed by atoms with Gasteiger partial charge < -0.3 is 5.73 Å². The van der Waals surface area contributed by atoms with E-state index in [-0.39, 0.29) is 5.41 Å². The van der Waals surface area contributed by atoms with Crippen molar-refractivity contribution in [2.75, 3.05) is 5.73 Å². The summed E-state index contributed by atoms with van der Waals surface area (Å²) in [5.74, 6) is 2.03. The second-order valence-electron chi connectivity index (χ2n) is 5.59. The molecule has 2 rings (SSSR count). The second kappa shape index (κ2) is 6.14. The Hall–Kier alpha value is -1.07. The summed E-state index contributed by atoms with van der Waals surface area (Å²) in [5.41, 5.74) is 6.84. The van der Waals surface area contributed by atoms with Crippen LogP contribution in [0.1, 0.15) is 32.3 Å². The number of hydrogen-bond donors (Lipinski definition) is 1. The van der Waals surface area contributed by atoms with Gasteiger partial charge in [0.25, 0.3) is 0 Å². The van der Waals surface area contributed by atoms with Gasteiger partial charge in [-0.25, -0.2) is 9.97 Å². The molecule has 0 aliphatic heterocycles. The molecule has 1 aromatic carbocycles. The van der Waals surface area contributed by atoms with E-state index in [4.69, 9.17) is 5.73 Å². The molecule has 5 heteroatoms. The lowest BCUT2D eigenvalue weighted by Gasteiger charge is -2.18. The zero-order valence-electron chi connectivity index (χ0n) is 11.9. The molecule has 2 aromatic rings. The molecule has 0 fully saturated rings. The van der Waals surface area contributed by atoms with Gasteiger partial charge in [0.1, 0.15) is 11.6 Å². The normalized spacial score (nSPS) is 11.6. The monoisotopic (exact) mass is 351 g/mol. The summed E-state index contributed by atoms with van der Waals surface area (Å²) in [5, 5.41) is 0. The highest BCUT2D eigenvalue weighted by atomic mass is 79.9. The van der Waals surface area contributed by atoms with Crippen molar-refractivity contribution in [1.29, 1.82) is 0 Å². The van der Waals surface area contributed by atoms with Gasteiger partial charge in [0, 0.05) is 20.8 Å². The fourth-order valence-electron chi connectivity index (χ4n) is 1.67. The Morgan fingerprint density at radius 3 is 2.60 bits per heavy atom. The quantitative estimate of drug-likeness (QED) is 0.832. The Morgan fingerprint density at radius 1 is 1.20 bits per heavy atom. The molecule has 0 saturated heterocycles. The Kier molecular flexibility index (Phi) is 4.70.